The molecule has 1 amide bonds. The average Bonchev–Trinajstić information content (AvgIpc) is 2.70. The molecular formula is C21H25NO6. The van der Waals surface area contributed by atoms with Crippen LogP contribution in [0.1, 0.15) is 11.1 Å². The summed E-state index contributed by atoms with van der Waals surface area (Å²) in [7, 11) is 4.61. The van der Waals surface area contributed by atoms with Crippen molar-refractivity contribution in [2.75, 3.05) is 27.9 Å². The van der Waals surface area contributed by atoms with E-state index < -0.39 is 11.9 Å². The van der Waals surface area contributed by atoms with Gasteiger partial charge in [0.25, 0.3) is 0 Å². The number of rotatable bonds is 10. The molecule has 0 saturated heterocycles. The number of carboxylic acids is 1. The molecule has 2 rings (SSSR count). The summed E-state index contributed by atoms with van der Waals surface area (Å²) in [6.07, 6.45) is 0.372. The summed E-state index contributed by atoms with van der Waals surface area (Å²) >= 11 is 0. The first kappa shape index (κ1) is 21.1. The van der Waals surface area contributed by atoms with E-state index in [1.807, 2.05) is 18.2 Å². The summed E-state index contributed by atoms with van der Waals surface area (Å²) < 4.78 is 15.7. The highest BCUT2D eigenvalue weighted by molar-refractivity contribution is 5.80. The Labute approximate surface area is 164 Å². The van der Waals surface area contributed by atoms with Crippen LogP contribution < -0.4 is 19.5 Å². The SMILES string of the molecule is COc1ccccc1CC(CNC(=O)Cc1ccc(OC)c(OC)c1)C(=O)O. The Morgan fingerprint density at radius 2 is 1.64 bits per heavy atom. The standard InChI is InChI=1S/C21H25NO6/c1-26-17-7-5-4-6-15(17)12-16(21(24)25)13-22-20(23)11-14-8-9-18(27-2)19(10-14)28-3/h4-10,16H,11-13H2,1-3H3,(H,22,23)(H,24,25). The van der Waals surface area contributed by atoms with Crippen LogP contribution in [0.15, 0.2) is 42.5 Å². The lowest BCUT2D eigenvalue weighted by Gasteiger charge is -2.16. The van der Waals surface area contributed by atoms with Crippen molar-refractivity contribution in [3.8, 4) is 17.2 Å². The van der Waals surface area contributed by atoms with E-state index >= 15 is 0 Å². The molecule has 1 unspecified atom stereocenters. The quantitative estimate of drug-likeness (QED) is 0.650. The molecule has 7 nitrogen and oxygen atoms in total. The van der Waals surface area contributed by atoms with Crippen LogP contribution in [0.25, 0.3) is 0 Å². The van der Waals surface area contributed by atoms with Gasteiger partial charge in [0.1, 0.15) is 5.75 Å². The van der Waals surface area contributed by atoms with Crippen LogP contribution in [0, 0.1) is 5.92 Å². The zero-order valence-electron chi connectivity index (χ0n) is 16.2. The zero-order valence-corrected chi connectivity index (χ0v) is 16.2. The van der Waals surface area contributed by atoms with E-state index in [1.165, 1.54) is 14.2 Å². The molecule has 1 atom stereocenters. The van der Waals surface area contributed by atoms with Crippen LogP contribution in [-0.4, -0.2) is 44.9 Å². The monoisotopic (exact) mass is 387 g/mol. The molecule has 2 aromatic rings. The van der Waals surface area contributed by atoms with Gasteiger partial charge in [-0.1, -0.05) is 24.3 Å². The predicted molar refractivity (Wildman–Crippen MR) is 104 cm³/mol. The van der Waals surface area contributed by atoms with Gasteiger partial charge in [0, 0.05) is 6.54 Å². The largest absolute Gasteiger partial charge is 0.496 e. The predicted octanol–water partition coefficient (Wildman–Crippen LogP) is 2.31. The van der Waals surface area contributed by atoms with Crippen LogP contribution in [0.3, 0.4) is 0 Å². The molecule has 150 valence electrons. The first-order valence-electron chi connectivity index (χ1n) is 8.80. The lowest BCUT2D eigenvalue weighted by molar-refractivity contribution is -0.141. The summed E-state index contributed by atoms with van der Waals surface area (Å²) in [5.41, 5.74) is 1.53. The molecule has 7 heteroatoms. The van der Waals surface area contributed by atoms with Crippen LogP contribution in [0.2, 0.25) is 0 Å². The maximum atomic E-state index is 12.3. The van der Waals surface area contributed by atoms with Gasteiger partial charge in [0.15, 0.2) is 11.5 Å². The normalized spacial score (nSPS) is 11.4. The average molecular weight is 387 g/mol. The number of methoxy groups -OCH3 is 3. The van der Waals surface area contributed by atoms with Gasteiger partial charge in [-0.25, -0.2) is 0 Å². The second-order valence-electron chi connectivity index (χ2n) is 6.22. The minimum Gasteiger partial charge on any atom is -0.496 e. The third kappa shape index (κ3) is 5.64. The number of carbonyl (C=O) groups excluding carboxylic acids is 1. The van der Waals surface area contributed by atoms with Crippen molar-refractivity contribution in [3.63, 3.8) is 0 Å². The maximum Gasteiger partial charge on any atom is 0.308 e. The lowest BCUT2D eigenvalue weighted by Crippen LogP contribution is -2.35. The van der Waals surface area contributed by atoms with Gasteiger partial charge < -0.3 is 24.6 Å². The van der Waals surface area contributed by atoms with E-state index in [1.54, 1.807) is 31.4 Å². The Morgan fingerprint density at radius 1 is 0.964 bits per heavy atom. The van der Waals surface area contributed by atoms with Crippen molar-refractivity contribution in [1.82, 2.24) is 5.32 Å². The van der Waals surface area contributed by atoms with Crippen LogP contribution in [0.4, 0.5) is 0 Å². The van der Waals surface area contributed by atoms with Gasteiger partial charge >= 0.3 is 5.97 Å². The molecule has 0 saturated carbocycles. The molecule has 0 aliphatic carbocycles. The maximum absolute atomic E-state index is 12.3. The summed E-state index contributed by atoms with van der Waals surface area (Å²) in [6, 6.07) is 12.5. The van der Waals surface area contributed by atoms with Gasteiger partial charge in [0.05, 0.1) is 33.7 Å². The van der Waals surface area contributed by atoms with Gasteiger partial charge in [-0.3, -0.25) is 9.59 Å². The van der Waals surface area contributed by atoms with Crippen molar-refractivity contribution in [2.24, 2.45) is 5.92 Å². The van der Waals surface area contributed by atoms with E-state index in [4.69, 9.17) is 14.2 Å². The summed E-state index contributed by atoms with van der Waals surface area (Å²) in [5.74, 6) is -0.256. The lowest BCUT2D eigenvalue weighted by atomic mass is 9.98. The number of ether oxygens (including phenoxy) is 3. The van der Waals surface area contributed by atoms with Crippen LogP contribution in [0.5, 0.6) is 17.2 Å². The van der Waals surface area contributed by atoms with Crippen LogP contribution >= 0.6 is 0 Å². The minimum absolute atomic E-state index is 0.0273. The zero-order chi connectivity index (χ0) is 20.5. The highest BCUT2D eigenvalue weighted by Gasteiger charge is 2.21. The number of aliphatic carboxylic acids is 1. The topological polar surface area (TPSA) is 94.1 Å². The Kier molecular flexibility index (Phi) is 7.68. The van der Waals surface area contributed by atoms with Gasteiger partial charge in [-0.2, -0.15) is 0 Å². The molecule has 0 spiro atoms. The molecule has 0 aliphatic heterocycles. The number of carbonyl (C=O) groups is 2. The van der Waals surface area contributed by atoms with E-state index in [-0.39, 0.29) is 25.3 Å². The van der Waals surface area contributed by atoms with Crippen molar-refractivity contribution in [3.05, 3.63) is 53.6 Å². The van der Waals surface area contributed by atoms with Gasteiger partial charge in [0.2, 0.25) is 5.91 Å². The van der Waals surface area contributed by atoms with Crippen molar-refractivity contribution in [1.29, 1.82) is 0 Å². The number of para-hydroxylation sites is 1. The van der Waals surface area contributed by atoms with Crippen molar-refractivity contribution >= 4 is 11.9 Å². The highest BCUT2D eigenvalue weighted by atomic mass is 16.5. The van der Waals surface area contributed by atoms with Gasteiger partial charge in [-0.15, -0.1) is 0 Å². The van der Waals surface area contributed by atoms with Crippen molar-refractivity contribution in [2.45, 2.75) is 12.8 Å². The first-order chi connectivity index (χ1) is 13.5. The Morgan fingerprint density at radius 3 is 2.29 bits per heavy atom. The van der Waals surface area contributed by atoms with Crippen molar-refractivity contribution < 1.29 is 28.9 Å². The molecule has 0 aromatic heterocycles. The molecule has 0 bridgehead atoms. The third-order valence-corrected chi connectivity index (χ3v) is 4.37. The molecule has 0 heterocycles. The molecule has 0 radical (unpaired) electrons. The molecule has 0 fully saturated rings. The number of hydrogen-bond acceptors (Lipinski definition) is 5. The fraction of sp³-hybridized carbons (Fsp3) is 0.333. The van der Waals surface area contributed by atoms with E-state index in [0.29, 0.717) is 17.2 Å². The molecule has 28 heavy (non-hydrogen) atoms. The molecular weight excluding hydrogens is 362 g/mol. The van der Waals surface area contributed by atoms with Gasteiger partial charge in [-0.05, 0) is 35.7 Å². The van der Waals surface area contributed by atoms with E-state index in [0.717, 1.165) is 11.1 Å². The Balaban J connectivity index is 1.98. The smallest absolute Gasteiger partial charge is 0.308 e. The summed E-state index contributed by atoms with van der Waals surface area (Å²) in [5, 5.41) is 12.2. The second-order valence-corrected chi connectivity index (χ2v) is 6.22. The van der Waals surface area contributed by atoms with E-state index in [9.17, 15) is 14.7 Å². The Bertz CT molecular complexity index is 820. The second kappa shape index (κ2) is 10.2. The molecule has 0 aliphatic rings. The fourth-order valence-corrected chi connectivity index (χ4v) is 2.86. The number of nitrogens with one attached hydrogen (secondary N) is 1. The molecule has 2 N–H and O–H groups in total. The number of amides is 1. The highest BCUT2D eigenvalue weighted by Crippen LogP contribution is 2.27. The fourth-order valence-electron chi connectivity index (χ4n) is 2.86. The number of carboxylic acid groups (broad SMARTS) is 1. The number of benzene rings is 2. The van der Waals surface area contributed by atoms with E-state index in [2.05, 4.69) is 5.32 Å². The van der Waals surface area contributed by atoms with Crippen LogP contribution in [-0.2, 0) is 22.4 Å². The summed E-state index contributed by atoms with van der Waals surface area (Å²) in [6.45, 7) is 0.0273. The number of hydrogen-bond donors (Lipinski definition) is 2. The first-order valence-corrected chi connectivity index (χ1v) is 8.80. The molecule has 2 aromatic carbocycles. The summed E-state index contributed by atoms with van der Waals surface area (Å²) in [4.78, 5) is 23.9. The minimum atomic E-state index is -0.975. The Hall–Kier alpha value is -3.22. The third-order valence-electron chi connectivity index (χ3n) is 4.37.